The second-order valence-electron chi connectivity index (χ2n) is 6.93. The van der Waals surface area contributed by atoms with Crippen LogP contribution in [0, 0.1) is 6.92 Å². The molecule has 3 rings (SSSR count). The van der Waals surface area contributed by atoms with E-state index < -0.39 is 0 Å². The van der Waals surface area contributed by atoms with Crippen LogP contribution in [0.4, 0.5) is 4.79 Å². The van der Waals surface area contributed by atoms with E-state index in [0.717, 1.165) is 11.4 Å². The SMILES string of the molecule is Cc1ccc([C@H](CNC(=O)NCc2ccc(-n3cccn3)nc2)N(C)C)cc1. The van der Waals surface area contributed by atoms with Crippen LogP contribution < -0.4 is 10.6 Å². The van der Waals surface area contributed by atoms with E-state index in [4.69, 9.17) is 0 Å². The fourth-order valence-corrected chi connectivity index (χ4v) is 2.88. The van der Waals surface area contributed by atoms with Crippen molar-refractivity contribution in [2.75, 3.05) is 20.6 Å². The molecule has 0 fully saturated rings. The first-order valence-corrected chi connectivity index (χ1v) is 9.22. The van der Waals surface area contributed by atoms with Crippen molar-refractivity contribution in [3.63, 3.8) is 0 Å². The van der Waals surface area contributed by atoms with Gasteiger partial charge in [-0.15, -0.1) is 0 Å². The Morgan fingerprint density at radius 2 is 1.93 bits per heavy atom. The van der Waals surface area contributed by atoms with E-state index in [1.807, 2.05) is 38.5 Å². The monoisotopic (exact) mass is 378 g/mol. The fraction of sp³-hybridized carbons (Fsp3) is 0.286. The van der Waals surface area contributed by atoms with Crippen LogP contribution in [0.1, 0.15) is 22.7 Å². The Kier molecular flexibility index (Phi) is 6.39. The summed E-state index contributed by atoms with van der Waals surface area (Å²) >= 11 is 0. The number of aryl methyl sites for hydroxylation is 1. The third-order valence-corrected chi connectivity index (χ3v) is 4.54. The molecule has 0 radical (unpaired) electrons. The van der Waals surface area contributed by atoms with Gasteiger partial charge in [0.1, 0.15) is 0 Å². The van der Waals surface area contributed by atoms with Crippen LogP contribution in [0.15, 0.2) is 61.1 Å². The summed E-state index contributed by atoms with van der Waals surface area (Å²) in [5.74, 6) is 0.741. The summed E-state index contributed by atoms with van der Waals surface area (Å²) in [7, 11) is 4.02. The summed E-state index contributed by atoms with van der Waals surface area (Å²) in [5, 5.41) is 9.98. The molecule has 0 spiro atoms. The van der Waals surface area contributed by atoms with Gasteiger partial charge in [-0.05, 0) is 44.3 Å². The highest BCUT2D eigenvalue weighted by molar-refractivity contribution is 5.73. The first-order valence-electron chi connectivity index (χ1n) is 9.22. The number of nitrogens with one attached hydrogen (secondary N) is 2. The van der Waals surface area contributed by atoms with E-state index in [1.54, 1.807) is 17.1 Å². The maximum Gasteiger partial charge on any atom is 0.315 e. The Morgan fingerprint density at radius 1 is 1.14 bits per heavy atom. The Labute approximate surface area is 165 Å². The standard InChI is InChI=1S/C21H26N6O/c1-16-5-8-18(9-6-16)19(26(2)3)15-24-21(28)23-14-17-7-10-20(22-13-17)27-12-4-11-25-27/h4-13,19H,14-15H2,1-3H3,(H2,23,24,28)/t19-/m0/s1. The number of likely N-dealkylation sites (N-methyl/N-ethyl adjacent to an activating group) is 1. The predicted molar refractivity (Wildman–Crippen MR) is 109 cm³/mol. The van der Waals surface area contributed by atoms with Crippen LogP contribution in [-0.4, -0.2) is 46.3 Å². The highest BCUT2D eigenvalue weighted by Gasteiger charge is 2.15. The number of aromatic nitrogens is 3. The molecule has 0 saturated carbocycles. The number of hydrogen-bond donors (Lipinski definition) is 2. The average molecular weight is 378 g/mol. The van der Waals surface area contributed by atoms with Crippen molar-refractivity contribution in [1.82, 2.24) is 30.3 Å². The molecule has 2 heterocycles. The van der Waals surface area contributed by atoms with Crippen LogP contribution in [0.2, 0.25) is 0 Å². The number of rotatable bonds is 7. The number of urea groups is 1. The van der Waals surface area contributed by atoms with Crippen molar-refractivity contribution in [2.45, 2.75) is 19.5 Å². The van der Waals surface area contributed by atoms with Crippen molar-refractivity contribution in [3.05, 3.63) is 77.7 Å². The lowest BCUT2D eigenvalue weighted by Gasteiger charge is -2.25. The van der Waals surface area contributed by atoms with Gasteiger partial charge in [-0.25, -0.2) is 14.5 Å². The molecule has 0 saturated heterocycles. The number of amides is 2. The van der Waals surface area contributed by atoms with E-state index in [1.165, 1.54) is 11.1 Å². The molecule has 0 aliphatic heterocycles. The van der Waals surface area contributed by atoms with Gasteiger partial charge in [-0.2, -0.15) is 5.10 Å². The molecular formula is C21H26N6O. The molecule has 0 unspecified atom stereocenters. The van der Waals surface area contributed by atoms with E-state index >= 15 is 0 Å². The van der Waals surface area contributed by atoms with Crippen molar-refractivity contribution in [1.29, 1.82) is 0 Å². The molecular weight excluding hydrogens is 352 g/mol. The zero-order valence-electron chi connectivity index (χ0n) is 16.5. The smallest absolute Gasteiger partial charge is 0.315 e. The maximum atomic E-state index is 12.2. The first kappa shape index (κ1) is 19.6. The minimum Gasteiger partial charge on any atom is -0.336 e. The van der Waals surface area contributed by atoms with Crippen LogP contribution >= 0.6 is 0 Å². The lowest BCUT2D eigenvalue weighted by atomic mass is 10.0. The van der Waals surface area contributed by atoms with Gasteiger partial charge in [0.05, 0.1) is 6.04 Å². The summed E-state index contributed by atoms with van der Waals surface area (Å²) in [4.78, 5) is 18.7. The number of pyridine rings is 1. The molecule has 2 N–H and O–H groups in total. The second kappa shape index (κ2) is 9.14. The number of carbonyl (C=O) groups excluding carboxylic acids is 1. The molecule has 3 aromatic rings. The van der Waals surface area contributed by atoms with Crippen LogP contribution in [0.5, 0.6) is 0 Å². The third kappa shape index (κ3) is 5.17. The van der Waals surface area contributed by atoms with Crippen molar-refractivity contribution in [3.8, 4) is 5.82 Å². The van der Waals surface area contributed by atoms with Gasteiger partial charge in [0.2, 0.25) is 0 Å². The van der Waals surface area contributed by atoms with E-state index in [9.17, 15) is 4.79 Å². The van der Waals surface area contributed by atoms with E-state index in [2.05, 4.69) is 56.8 Å². The molecule has 28 heavy (non-hydrogen) atoms. The second-order valence-corrected chi connectivity index (χ2v) is 6.93. The molecule has 7 nitrogen and oxygen atoms in total. The van der Waals surface area contributed by atoms with Gasteiger partial charge in [-0.3, -0.25) is 0 Å². The lowest BCUT2D eigenvalue weighted by Crippen LogP contribution is -2.40. The summed E-state index contributed by atoms with van der Waals surface area (Å²) in [5.41, 5.74) is 3.32. The van der Waals surface area contributed by atoms with Crippen LogP contribution in [0.3, 0.4) is 0 Å². The molecule has 0 bridgehead atoms. The highest BCUT2D eigenvalue weighted by atomic mass is 16.2. The summed E-state index contributed by atoms with van der Waals surface area (Å²) in [6.07, 6.45) is 5.29. The fourth-order valence-electron chi connectivity index (χ4n) is 2.88. The number of carbonyl (C=O) groups is 1. The van der Waals surface area contributed by atoms with E-state index in [0.29, 0.717) is 13.1 Å². The predicted octanol–water partition coefficient (Wildman–Crippen LogP) is 2.68. The largest absolute Gasteiger partial charge is 0.336 e. The van der Waals surface area contributed by atoms with Crippen LogP contribution in [0.25, 0.3) is 5.82 Å². The molecule has 1 atom stereocenters. The van der Waals surface area contributed by atoms with Crippen molar-refractivity contribution < 1.29 is 4.79 Å². The van der Waals surface area contributed by atoms with Gasteiger partial charge in [-0.1, -0.05) is 35.9 Å². The van der Waals surface area contributed by atoms with Crippen molar-refractivity contribution in [2.24, 2.45) is 0 Å². The molecule has 1 aromatic carbocycles. The third-order valence-electron chi connectivity index (χ3n) is 4.54. The van der Waals surface area contributed by atoms with Gasteiger partial charge in [0.25, 0.3) is 0 Å². The lowest BCUT2D eigenvalue weighted by molar-refractivity contribution is 0.232. The molecule has 2 aromatic heterocycles. The van der Waals surface area contributed by atoms with E-state index in [-0.39, 0.29) is 12.1 Å². The molecule has 2 amide bonds. The van der Waals surface area contributed by atoms with Crippen molar-refractivity contribution >= 4 is 6.03 Å². The van der Waals surface area contributed by atoms with Gasteiger partial charge < -0.3 is 15.5 Å². The normalized spacial score (nSPS) is 12.0. The Hall–Kier alpha value is -3.19. The zero-order valence-corrected chi connectivity index (χ0v) is 16.5. The quantitative estimate of drug-likeness (QED) is 0.663. The Bertz CT molecular complexity index is 872. The topological polar surface area (TPSA) is 75.1 Å². The summed E-state index contributed by atoms with van der Waals surface area (Å²) in [6.45, 7) is 3.00. The van der Waals surface area contributed by atoms with Gasteiger partial charge >= 0.3 is 6.03 Å². The highest BCUT2D eigenvalue weighted by Crippen LogP contribution is 2.17. The molecule has 0 aliphatic carbocycles. The van der Waals surface area contributed by atoms with Crippen LogP contribution in [-0.2, 0) is 6.54 Å². The Balaban J connectivity index is 1.50. The summed E-state index contributed by atoms with van der Waals surface area (Å²) < 4.78 is 1.69. The number of hydrogen-bond acceptors (Lipinski definition) is 4. The Morgan fingerprint density at radius 3 is 2.54 bits per heavy atom. The first-order chi connectivity index (χ1) is 13.5. The van der Waals surface area contributed by atoms with Gasteiger partial charge in [0.15, 0.2) is 5.82 Å². The zero-order chi connectivity index (χ0) is 19.9. The number of benzene rings is 1. The average Bonchev–Trinajstić information content (AvgIpc) is 3.23. The maximum absolute atomic E-state index is 12.2. The summed E-state index contributed by atoms with van der Waals surface area (Å²) in [6, 6.07) is 14.0. The minimum atomic E-state index is -0.199. The number of nitrogens with zero attached hydrogens (tertiary/aromatic N) is 4. The minimum absolute atomic E-state index is 0.112. The van der Waals surface area contributed by atoms with Gasteiger partial charge in [0, 0.05) is 31.7 Å². The molecule has 146 valence electrons. The molecule has 7 heteroatoms. The molecule has 0 aliphatic rings.